The quantitative estimate of drug-likeness (QED) is 0.498. The highest BCUT2D eigenvalue weighted by Gasteiger charge is 2.33. The van der Waals surface area contributed by atoms with Gasteiger partial charge in [0, 0.05) is 31.2 Å². The monoisotopic (exact) mass is 421 g/mol. The Bertz CT molecular complexity index is 1400. The molecule has 6 nitrogen and oxygen atoms in total. The predicted octanol–water partition coefficient (Wildman–Crippen LogP) is 3.48. The molecule has 2 aromatic carbocycles. The second-order valence-corrected chi connectivity index (χ2v) is 7.86. The zero-order valence-electron chi connectivity index (χ0n) is 16.6. The third-order valence-electron chi connectivity index (χ3n) is 5.79. The van der Waals surface area contributed by atoms with Crippen molar-refractivity contribution >= 4 is 22.5 Å². The molecular formula is C23H20ClN3O3. The van der Waals surface area contributed by atoms with Crippen molar-refractivity contribution in [2.75, 3.05) is 6.61 Å². The number of hydrogen-bond donors (Lipinski definition) is 0. The molecule has 0 bridgehead atoms. The molecule has 0 amide bonds. The van der Waals surface area contributed by atoms with E-state index in [1.165, 1.54) is 11.6 Å². The highest BCUT2D eigenvalue weighted by Crippen LogP contribution is 2.41. The normalized spacial score (nSPS) is 16.0. The number of aryl methyl sites for hydroxylation is 1. The molecule has 0 N–H and O–H groups in total. The molecular weight excluding hydrogens is 402 g/mol. The summed E-state index contributed by atoms with van der Waals surface area (Å²) in [6.07, 6.45) is -0.481. The lowest BCUT2D eigenvalue weighted by atomic mass is 10.0. The fourth-order valence-electron chi connectivity index (χ4n) is 4.40. The molecule has 152 valence electrons. The number of benzene rings is 2. The SMILES string of the molecule is Cn1c(=O)c2c(-c3ccccc3)n3c(c2n(C)c1=O)[C@H](c1ccccc1Cl)OCC3. The van der Waals surface area contributed by atoms with Gasteiger partial charge >= 0.3 is 5.69 Å². The van der Waals surface area contributed by atoms with Gasteiger partial charge < -0.3 is 9.30 Å². The van der Waals surface area contributed by atoms with Crippen LogP contribution < -0.4 is 11.2 Å². The van der Waals surface area contributed by atoms with Gasteiger partial charge in [0.1, 0.15) is 6.10 Å². The van der Waals surface area contributed by atoms with E-state index in [1.807, 2.05) is 54.6 Å². The van der Waals surface area contributed by atoms with E-state index in [1.54, 1.807) is 7.05 Å². The summed E-state index contributed by atoms with van der Waals surface area (Å²) in [5.74, 6) is 0. The van der Waals surface area contributed by atoms with E-state index in [0.29, 0.717) is 29.1 Å². The first-order chi connectivity index (χ1) is 14.5. The van der Waals surface area contributed by atoms with Crippen molar-refractivity contribution in [3.63, 3.8) is 0 Å². The van der Waals surface area contributed by atoms with Gasteiger partial charge in [-0.05, 0) is 11.6 Å². The van der Waals surface area contributed by atoms with Gasteiger partial charge in [-0.2, -0.15) is 0 Å². The average molecular weight is 422 g/mol. The number of nitrogens with zero attached hydrogens (tertiary/aromatic N) is 3. The first kappa shape index (κ1) is 18.9. The number of fused-ring (bicyclic) bond motifs is 3. The van der Waals surface area contributed by atoms with Crippen LogP contribution in [-0.4, -0.2) is 20.3 Å². The minimum absolute atomic E-state index is 0.313. The summed E-state index contributed by atoms with van der Waals surface area (Å²) in [6, 6.07) is 17.3. The molecule has 2 aromatic heterocycles. The van der Waals surface area contributed by atoms with Gasteiger partial charge in [0.15, 0.2) is 0 Å². The summed E-state index contributed by atoms with van der Waals surface area (Å²) in [4.78, 5) is 26.1. The van der Waals surface area contributed by atoms with Crippen molar-refractivity contribution in [1.82, 2.24) is 13.7 Å². The lowest BCUT2D eigenvalue weighted by molar-refractivity contribution is 0.0479. The maximum Gasteiger partial charge on any atom is 0.331 e. The predicted molar refractivity (Wildman–Crippen MR) is 117 cm³/mol. The van der Waals surface area contributed by atoms with E-state index < -0.39 is 6.10 Å². The number of ether oxygens (including phenoxy) is 1. The molecule has 0 aliphatic carbocycles. The van der Waals surface area contributed by atoms with Gasteiger partial charge in [-0.1, -0.05) is 60.1 Å². The van der Waals surface area contributed by atoms with Crippen LogP contribution in [0.15, 0.2) is 64.2 Å². The number of hydrogen-bond acceptors (Lipinski definition) is 3. The molecule has 1 atom stereocenters. The molecule has 0 spiro atoms. The van der Waals surface area contributed by atoms with Crippen LogP contribution in [0, 0.1) is 0 Å². The van der Waals surface area contributed by atoms with Crippen LogP contribution in [0.3, 0.4) is 0 Å². The average Bonchev–Trinajstić information content (AvgIpc) is 3.13. The fraction of sp³-hybridized carbons (Fsp3) is 0.217. The Morgan fingerprint density at radius 2 is 1.67 bits per heavy atom. The Balaban J connectivity index is 1.98. The van der Waals surface area contributed by atoms with Gasteiger partial charge in [0.2, 0.25) is 0 Å². The first-order valence-corrected chi connectivity index (χ1v) is 10.1. The van der Waals surface area contributed by atoms with E-state index in [-0.39, 0.29) is 11.2 Å². The molecule has 0 saturated carbocycles. The third-order valence-corrected chi connectivity index (χ3v) is 6.13. The van der Waals surface area contributed by atoms with Gasteiger partial charge in [-0.3, -0.25) is 13.9 Å². The van der Waals surface area contributed by atoms with Gasteiger partial charge in [-0.15, -0.1) is 0 Å². The zero-order chi connectivity index (χ0) is 21.0. The van der Waals surface area contributed by atoms with E-state index >= 15 is 0 Å². The standard InChI is InChI=1S/C23H20ClN3O3/c1-25-19-17(22(28)26(2)23(25)29)18(14-8-4-3-5-9-14)27-12-13-30-21(20(19)27)15-10-6-7-11-16(15)24/h3-11,21H,12-13H2,1-2H3/t21-/m0/s1. The fourth-order valence-corrected chi connectivity index (χ4v) is 4.64. The Labute approximate surface area is 177 Å². The minimum Gasteiger partial charge on any atom is -0.365 e. The van der Waals surface area contributed by atoms with Crippen LogP contribution in [0.5, 0.6) is 0 Å². The summed E-state index contributed by atoms with van der Waals surface area (Å²) >= 11 is 6.50. The number of rotatable bonds is 2. The van der Waals surface area contributed by atoms with Gasteiger partial charge in [0.25, 0.3) is 5.56 Å². The highest BCUT2D eigenvalue weighted by atomic mass is 35.5. The van der Waals surface area contributed by atoms with E-state index in [2.05, 4.69) is 4.57 Å². The second kappa shape index (κ2) is 7.00. The molecule has 1 aliphatic heterocycles. The van der Waals surface area contributed by atoms with Crippen molar-refractivity contribution in [3.05, 3.63) is 91.7 Å². The summed E-state index contributed by atoms with van der Waals surface area (Å²) in [5, 5.41) is 1.10. The lowest BCUT2D eigenvalue weighted by Gasteiger charge is -2.28. The lowest BCUT2D eigenvalue weighted by Crippen LogP contribution is -2.37. The molecule has 0 radical (unpaired) electrons. The Kier molecular flexibility index (Phi) is 4.41. The molecule has 0 fully saturated rings. The van der Waals surface area contributed by atoms with Gasteiger partial charge in [-0.25, -0.2) is 4.79 Å². The smallest absolute Gasteiger partial charge is 0.331 e. The Morgan fingerprint density at radius 1 is 0.967 bits per heavy atom. The molecule has 1 aliphatic rings. The third kappa shape index (κ3) is 2.61. The molecule has 3 heterocycles. The maximum atomic E-state index is 13.3. The number of aromatic nitrogens is 3. The first-order valence-electron chi connectivity index (χ1n) is 9.74. The zero-order valence-corrected chi connectivity index (χ0v) is 17.4. The molecule has 7 heteroatoms. The number of halogens is 1. The van der Waals surface area contributed by atoms with E-state index in [0.717, 1.165) is 27.1 Å². The minimum atomic E-state index is -0.481. The summed E-state index contributed by atoms with van der Waals surface area (Å²) in [7, 11) is 3.20. The van der Waals surface area contributed by atoms with Crippen molar-refractivity contribution in [1.29, 1.82) is 0 Å². The summed E-state index contributed by atoms with van der Waals surface area (Å²) in [5.41, 5.74) is 3.22. The second-order valence-electron chi connectivity index (χ2n) is 7.45. The summed E-state index contributed by atoms with van der Waals surface area (Å²) in [6.45, 7) is 1.05. The Morgan fingerprint density at radius 3 is 2.40 bits per heavy atom. The highest BCUT2D eigenvalue weighted by molar-refractivity contribution is 6.31. The van der Waals surface area contributed by atoms with Crippen molar-refractivity contribution in [2.45, 2.75) is 12.6 Å². The van der Waals surface area contributed by atoms with Crippen molar-refractivity contribution in [3.8, 4) is 11.3 Å². The molecule has 5 rings (SSSR count). The van der Waals surface area contributed by atoms with E-state index in [9.17, 15) is 9.59 Å². The topological polar surface area (TPSA) is 58.2 Å². The van der Waals surface area contributed by atoms with Crippen LogP contribution in [0.2, 0.25) is 5.02 Å². The van der Waals surface area contributed by atoms with Crippen molar-refractivity contribution in [2.24, 2.45) is 14.1 Å². The van der Waals surface area contributed by atoms with Gasteiger partial charge in [0.05, 0.1) is 28.9 Å². The van der Waals surface area contributed by atoms with E-state index in [4.69, 9.17) is 16.3 Å². The van der Waals surface area contributed by atoms with Crippen LogP contribution in [-0.2, 0) is 25.4 Å². The molecule has 0 unspecified atom stereocenters. The maximum absolute atomic E-state index is 13.3. The summed E-state index contributed by atoms with van der Waals surface area (Å²) < 4.78 is 11.0. The Hall–Kier alpha value is -3.09. The largest absolute Gasteiger partial charge is 0.365 e. The van der Waals surface area contributed by atoms with Crippen molar-refractivity contribution < 1.29 is 4.74 Å². The molecule has 4 aromatic rings. The molecule has 0 saturated heterocycles. The van der Waals surface area contributed by atoms with Crippen LogP contribution in [0.25, 0.3) is 22.2 Å². The van der Waals surface area contributed by atoms with Crippen LogP contribution in [0.4, 0.5) is 0 Å². The van der Waals surface area contributed by atoms with Crippen LogP contribution in [0.1, 0.15) is 17.4 Å². The molecule has 30 heavy (non-hydrogen) atoms. The van der Waals surface area contributed by atoms with Crippen LogP contribution >= 0.6 is 11.6 Å².